The van der Waals surface area contributed by atoms with Gasteiger partial charge in [0.15, 0.2) is 5.78 Å². The maximum Gasteiger partial charge on any atom is 0.168 e. The first kappa shape index (κ1) is 14.5. The van der Waals surface area contributed by atoms with Crippen LogP contribution in [0.5, 0.6) is 5.75 Å². The van der Waals surface area contributed by atoms with Crippen molar-refractivity contribution in [3.63, 3.8) is 0 Å². The average Bonchev–Trinajstić information content (AvgIpc) is 2.82. The molecule has 1 aliphatic heterocycles. The number of carbonyl (C=O) groups excluding carboxylic acids is 1. The third-order valence-electron chi connectivity index (χ3n) is 3.39. The summed E-state index contributed by atoms with van der Waals surface area (Å²) in [6.07, 6.45) is 1.79. The largest absolute Gasteiger partial charge is 0.492 e. The number of halogens is 1. The van der Waals surface area contributed by atoms with Gasteiger partial charge in [-0.15, -0.1) is 0 Å². The summed E-state index contributed by atoms with van der Waals surface area (Å²) in [5.74, 6) is 0.927. The Morgan fingerprint density at radius 2 is 2.32 bits per heavy atom. The molecule has 0 saturated carbocycles. The lowest BCUT2D eigenvalue weighted by Crippen LogP contribution is -2.21. The number of benzene rings is 1. The SMILES string of the molecule is CCCOc1ccc(C(=O)C2CCOC2C)cc1Br. The van der Waals surface area contributed by atoms with E-state index in [-0.39, 0.29) is 17.8 Å². The second kappa shape index (κ2) is 6.53. The van der Waals surface area contributed by atoms with Crippen LogP contribution in [0, 0.1) is 5.92 Å². The molecule has 1 saturated heterocycles. The second-order valence-corrected chi connectivity index (χ2v) is 5.68. The molecule has 19 heavy (non-hydrogen) atoms. The summed E-state index contributed by atoms with van der Waals surface area (Å²) in [6, 6.07) is 5.54. The Labute approximate surface area is 122 Å². The van der Waals surface area contributed by atoms with Gasteiger partial charge in [0, 0.05) is 12.2 Å². The second-order valence-electron chi connectivity index (χ2n) is 4.83. The standard InChI is InChI=1S/C15H19BrO3/c1-3-7-19-14-5-4-11(9-13(14)16)15(17)12-6-8-18-10(12)2/h4-5,9-10,12H,3,6-8H2,1-2H3. The maximum atomic E-state index is 12.4. The van der Waals surface area contributed by atoms with Gasteiger partial charge in [-0.25, -0.2) is 0 Å². The number of Topliss-reactive ketones (excluding diaryl/α,β-unsaturated/α-hetero) is 1. The highest BCUT2D eigenvalue weighted by atomic mass is 79.9. The van der Waals surface area contributed by atoms with E-state index < -0.39 is 0 Å². The van der Waals surface area contributed by atoms with Gasteiger partial charge >= 0.3 is 0 Å². The Balaban J connectivity index is 2.12. The van der Waals surface area contributed by atoms with E-state index in [9.17, 15) is 4.79 Å². The van der Waals surface area contributed by atoms with E-state index in [0.717, 1.165) is 28.6 Å². The lowest BCUT2D eigenvalue weighted by atomic mass is 9.92. The van der Waals surface area contributed by atoms with Crippen molar-refractivity contribution in [2.45, 2.75) is 32.8 Å². The molecule has 2 atom stereocenters. The summed E-state index contributed by atoms with van der Waals surface area (Å²) in [5.41, 5.74) is 0.720. The molecule has 2 rings (SSSR count). The van der Waals surface area contributed by atoms with E-state index in [1.54, 1.807) is 0 Å². The van der Waals surface area contributed by atoms with Crippen LogP contribution in [0.1, 0.15) is 37.0 Å². The van der Waals surface area contributed by atoms with Gasteiger partial charge in [-0.3, -0.25) is 4.79 Å². The molecule has 0 spiro atoms. The molecule has 0 aromatic heterocycles. The summed E-state index contributed by atoms with van der Waals surface area (Å²) in [7, 11) is 0. The van der Waals surface area contributed by atoms with Gasteiger partial charge < -0.3 is 9.47 Å². The minimum atomic E-state index is -0.0192. The molecule has 3 nitrogen and oxygen atoms in total. The van der Waals surface area contributed by atoms with Crippen molar-refractivity contribution < 1.29 is 14.3 Å². The van der Waals surface area contributed by atoms with Crippen molar-refractivity contribution in [1.82, 2.24) is 0 Å². The molecule has 0 aliphatic carbocycles. The molecule has 1 fully saturated rings. The van der Waals surface area contributed by atoms with Crippen LogP contribution in [-0.2, 0) is 4.74 Å². The monoisotopic (exact) mass is 326 g/mol. The first-order chi connectivity index (χ1) is 9.13. The van der Waals surface area contributed by atoms with Gasteiger partial charge in [-0.2, -0.15) is 0 Å². The van der Waals surface area contributed by atoms with Gasteiger partial charge in [-0.05, 0) is 53.9 Å². The van der Waals surface area contributed by atoms with Crippen LogP contribution in [0.2, 0.25) is 0 Å². The van der Waals surface area contributed by atoms with Gasteiger partial charge in [0.1, 0.15) is 5.75 Å². The number of rotatable bonds is 5. The summed E-state index contributed by atoms with van der Waals surface area (Å²) >= 11 is 3.46. The fraction of sp³-hybridized carbons (Fsp3) is 0.533. The highest BCUT2D eigenvalue weighted by Crippen LogP contribution is 2.30. The lowest BCUT2D eigenvalue weighted by molar-refractivity contribution is 0.0764. The van der Waals surface area contributed by atoms with E-state index in [1.807, 2.05) is 25.1 Å². The topological polar surface area (TPSA) is 35.5 Å². The molecule has 1 aliphatic rings. The number of ketones is 1. The van der Waals surface area contributed by atoms with Gasteiger partial charge in [0.05, 0.1) is 23.1 Å². The molecular weight excluding hydrogens is 308 g/mol. The normalized spacial score (nSPS) is 22.5. The highest BCUT2D eigenvalue weighted by molar-refractivity contribution is 9.10. The van der Waals surface area contributed by atoms with Crippen LogP contribution in [0.4, 0.5) is 0 Å². The van der Waals surface area contributed by atoms with E-state index >= 15 is 0 Å². The fourth-order valence-electron chi connectivity index (χ4n) is 2.27. The molecule has 2 unspecified atom stereocenters. The summed E-state index contributed by atoms with van der Waals surface area (Å²) in [6.45, 7) is 5.38. The van der Waals surface area contributed by atoms with Crippen molar-refractivity contribution in [2.24, 2.45) is 5.92 Å². The average molecular weight is 327 g/mol. The smallest absolute Gasteiger partial charge is 0.168 e. The molecular formula is C15H19BrO3. The molecule has 0 radical (unpaired) electrons. The number of ether oxygens (including phenoxy) is 2. The summed E-state index contributed by atoms with van der Waals surface area (Å²) < 4.78 is 11.9. The van der Waals surface area contributed by atoms with Crippen molar-refractivity contribution in [3.05, 3.63) is 28.2 Å². The van der Waals surface area contributed by atoms with Crippen molar-refractivity contribution in [3.8, 4) is 5.75 Å². The Kier molecular flexibility index (Phi) is 4.99. The first-order valence-electron chi connectivity index (χ1n) is 6.71. The van der Waals surface area contributed by atoms with Crippen LogP contribution < -0.4 is 4.74 Å². The van der Waals surface area contributed by atoms with Crippen molar-refractivity contribution in [2.75, 3.05) is 13.2 Å². The zero-order chi connectivity index (χ0) is 13.8. The third-order valence-corrected chi connectivity index (χ3v) is 4.01. The van der Waals surface area contributed by atoms with Crippen molar-refractivity contribution >= 4 is 21.7 Å². The molecule has 0 N–H and O–H groups in total. The summed E-state index contributed by atoms with van der Waals surface area (Å²) in [5, 5.41) is 0. The number of hydrogen-bond donors (Lipinski definition) is 0. The molecule has 0 bridgehead atoms. The van der Waals surface area contributed by atoms with Crippen LogP contribution in [-0.4, -0.2) is 25.1 Å². The zero-order valence-corrected chi connectivity index (χ0v) is 12.9. The lowest BCUT2D eigenvalue weighted by Gasteiger charge is -2.14. The van der Waals surface area contributed by atoms with Crippen molar-refractivity contribution in [1.29, 1.82) is 0 Å². The first-order valence-corrected chi connectivity index (χ1v) is 7.51. The third kappa shape index (κ3) is 3.37. The fourth-order valence-corrected chi connectivity index (χ4v) is 2.77. The van der Waals surface area contributed by atoms with Gasteiger partial charge in [0.25, 0.3) is 0 Å². The number of carbonyl (C=O) groups is 1. The Bertz CT molecular complexity index is 459. The van der Waals surface area contributed by atoms with E-state index in [1.165, 1.54) is 0 Å². The van der Waals surface area contributed by atoms with E-state index in [4.69, 9.17) is 9.47 Å². The number of hydrogen-bond acceptors (Lipinski definition) is 3. The van der Waals surface area contributed by atoms with Crippen LogP contribution in [0.15, 0.2) is 22.7 Å². The van der Waals surface area contributed by atoms with Crippen LogP contribution >= 0.6 is 15.9 Å². The molecule has 104 valence electrons. The van der Waals surface area contributed by atoms with Gasteiger partial charge in [-0.1, -0.05) is 6.92 Å². The van der Waals surface area contributed by atoms with Gasteiger partial charge in [0.2, 0.25) is 0 Å². The zero-order valence-electron chi connectivity index (χ0n) is 11.3. The highest BCUT2D eigenvalue weighted by Gasteiger charge is 2.31. The molecule has 1 aromatic rings. The predicted octanol–water partition coefficient (Wildman–Crippen LogP) is 3.85. The van der Waals surface area contributed by atoms with E-state index in [0.29, 0.717) is 13.2 Å². The van der Waals surface area contributed by atoms with Crippen LogP contribution in [0.3, 0.4) is 0 Å². The summed E-state index contributed by atoms with van der Waals surface area (Å²) in [4.78, 5) is 12.4. The molecule has 1 heterocycles. The molecule has 1 aromatic carbocycles. The Hall–Kier alpha value is -0.870. The van der Waals surface area contributed by atoms with E-state index in [2.05, 4.69) is 22.9 Å². The minimum absolute atomic E-state index is 0.0160. The Morgan fingerprint density at radius 1 is 1.53 bits per heavy atom. The predicted molar refractivity (Wildman–Crippen MR) is 77.8 cm³/mol. The maximum absolute atomic E-state index is 12.4. The molecule has 0 amide bonds. The minimum Gasteiger partial charge on any atom is -0.492 e. The Morgan fingerprint density at radius 3 is 2.89 bits per heavy atom. The quantitative estimate of drug-likeness (QED) is 0.771. The van der Waals surface area contributed by atoms with Crippen LogP contribution in [0.25, 0.3) is 0 Å². The molecule has 4 heteroatoms.